The number of thiol groups is 1. The summed E-state index contributed by atoms with van der Waals surface area (Å²) in [5, 5.41) is -0.118. The minimum atomic E-state index is -0.118. The molecular weight excluding hydrogens is 194 g/mol. The van der Waals surface area contributed by atoms with Crippen molar-refractivity contribution in [1.82, 2.24) is 4.90 Å². The summed E-state index contributed by atoms with van der Waals surface area (Å²) in [7, 11) is 0. The monoisotopic (exact) mass is 215 g/mol. The molecule has 3 heteroatoms. The molecule has 0 aromatic rings. The van der Waals surface area contributed by atoms with Crippen molar-refractivity contribution < 1.29 is 4.79 Å². The molecule has 1 rings (SSSR count). The molecule has 82 valence electrons. The second-order valence-corrected chi connectivity index (χ2v) is 4.98. The molecule has 0 N–H and O–H groups in total. The van der Waals surface area contributed by atoms with Crippen LogP contribution in [0.2, 0.25) is 0 Å². The molecule has 1 atom stereocenters. The fourth-order valence-corrected chi connectivity index (χ4v) is 1.93. The summed E-state index contributed by atoms with van der Waals surface area (Å²) in [5.74, 6) is 0.555. The smallest absolute Gasteiger partial charge is 0.235 e. The third-order valence-corrected chi connectivity index (χ3v) is 3.62. The molecule has 1 fully saturated rings. The van der Waals surface area contributed by atoms with Crippen molar-refractivity contribution in [1.29, 1.82) is 0 Å². The molecule has 0 saturated carbocycles. The van der Waals surface area contributed by atoms with Crippen LogP contribution in [-0.4, -0.2) is 29.1 Å². The Morgan fingerprint density at radius 2 is 1.64 bits per heavy atom. The highest BCUT2D eigenvalue weighted by molar-refractivity contribution is 7.81. The van der Waals surface area contributed by atoms with Gasteiger partial charge in [-0.3, -0.25) is 4.79 Å². The van der Waals surface area contributed by atoms with Gasteiger partial charge in [-0.15, -0.1) is 0 Å². The van der Waals surface area contributed by atoms with Gasteiger partial charge in [-0.2, -0.15) is 12.6 Å². The molecule has 0 aliphatic carbocycles. The van der Waals surface area contributed by atoms with E-state index in [1.165, 1.54) is 12.8 Å². The van der Waals surface area contributed by atoms with E-state index in [2.05, 4.69) is 12.6 Å². The highest BCUT2D eigenvalue weighted by Crippen LogP contribution is 2.16. The fraction of sp³-hybridized carbons (Fsp3) is 0.909. The summed E-state index contributed by atoms with van der Waals surface area (Å²) in [6, 6.07) is 0. The molecule has 1 saturated heterocycles. The standard InChI is InChI=1S/C11H21NOS/c1-9(2)10(14)11(13)12-7-5-3-4-6-8-12/h9-10,14H,3-8H2,1-2H3. The van der Waals surface area contributed by atoms with E-state index in [-0.39, 0.29) is 11.2 Å². The first-order valence-electron chi connectivity index (χ1n) is 5.60. The van der Waals surface area contributed by atoms with Crippen molar-refractivity contribution in [3.05, 3.63) is 0 Å². The van der Waals surface area contributed by atoms with Gasteiger partial charge >= 0.3 is 0 Å². The quantitative estimate of drug-likeness (QED) is 0.701. The van der Waals surface area contributed by atoms with Crippen LogP contribution in [0.1, 0.15) is 39.5 Å². The molecule has 1 aliphatic rings. The van der Waals surface area contributed by atoms with E-state index in [9.17, 15) is 4.79 Å². The highest BCUT2D eigenvalue weighted by atomic mass is 32.1. The number of amides is 1. The molecule has 0 radical (unpaired) electrons. The third-order valence-electron chi connectivity index (χ3n) is 2.80. The summed E-state index contributed by atoms with van der Waals surface area (Å²) in [5.41, 5.74) is 0. The van der Waals surface area contributed by atoms with Crippen molar-refractivity contribution >= 4 is 18.5 Å². The molecule has 0 aromatic heterocycles. The maximum atomic E-state index is 11.9. The number of likely N-dealkylation sites (tertiary alicyclic amines) is 1. The minimum absolute atomic E-state index is 0.118. The van der Waals surface area contributed by atoms with E-state index in [1.807, 2.05) is 18.7 Å². The Kier molecular flexibility index (Phi) is 4.79. The number of hydrogen-bond acceptors (Lipinski definition) is 2. The van der Waals surface area contributed by atoms with Gasteiger partial charge in [0, 0.05) is 13.1 Å². The third kappa shape index (κ3) is 3.19. The Morgan fingerprint density at radius 3 is 2.07 bits per heavy atom. The first kappa shape index (κ1) is 11.9. The maximum absolute atomic E-state index is 11.9. The fourth-order valence-electron chi connectivity index (χ4n) is 1.76. The average molecular weight is 215 g/mol. The van der Waals surface area contributed by atoms with Crippen molar-refractivity contribution in [3.8, 4) is 0 Å². The highest BCUT2D eigenvalue weighted by Gasteiger charge is 2.23. The van der Waals surface area contributed by atoms with Gasteiger partial charge in [-0.05, 0) is 18.8 Å². The number of hydrogen-bond donors (Lipinski definition) is 1. The second-order valence-electron chi connectivity index (χ2n) is 4.43. The van der Waals surface area contributed by atoms with Gasteiger partial charge in [0.2, 0.25) is 5.91 Å². The van der Waals surface area contributed by atoms with E-state index >= 15 is 0 Å². The lowest BCUT2D eigenvalue weighted by atomic mass is 10.1. The van der Waals surface area contributed by atoms with Gasteiger partial charge in [-0.1, -0.05) is 26.7 Å². The Labute approximate surface area is 92.5 Å². The van der Waals surface area contributed by atoms with Crippen molar-refractivity contribution in [3.63, 3.8) is 0 Å². The van der Waals surface area contributed by atoms with Crippen LogP contribution in [0.5, 0.6) is 0 Å². The Bertz CT molecular complexity index is 186. The van der Waals surface area contributed by atoms with E-state index in [4.69, 9.17) is 0 Å². The van der Waals surface area contributed by atoms with Crippen LogP contribution in [0.15, 0.2) is 0 Å². The molecular formula is C11H21NOS. The van der Waals surface area contributed by atoms with Crippen LogP contribution < -0.4 is 0 Å². The van der Waals surface area contributed by atoms with E-state index < -0.39 is 0 Å². The molecule has 0 bridgehead atoms. The van der Waals surface area contributed by atoms with Crippen LogP contribution in [-0.2, 0) is 4.79 Å². The van der Waals surface area contributed by atoms with Gasteiger partial charge in [0.15, 0.2) is 0 Å². The van der Waals surface area contributed by atoms with Gasteiger partial charge in [0.05, 0.1) is 5.25 Å². The zero-order valence-corrected chi connectivity index (χ0v) is 10.1. The van der Waals surface area contributed by atoms with E-state index in [0.717, 1.165) is 25.9 Å². The zero-order chi connectivity index (χ0) is 10.6. The van der Waals surface area contributed by atoms with Crippen LogP contribution in [0.25, 0.3) is 0 Å². The Hall–Kier alpha value is -0.180. The van der Waals surface area contributed by atoms with Crippen molar-refractivity contribution in [2.45, 2.75) is 44.8 Å². The molecule has 0 aromatic carbocycles. The van der Waals surface area contributed by atoms with Crippen LogP contribution in [0.3, 0.4) is 0 Å². The van der Waals surface area contributed by atoms with Crippen LogP contribution in [0.4, 0.5) is 0 Å². The summed E-state index contributed by atoms with van der Waals surface area (Å²) in [4.78, 5) is 13.9. The van der Waals surface area contributed by atoms with Crippen LogP contribution >= 0.6 is 12.6 Å². The van der Waals surface area contributed by atoms with Crippen LogP contribution in [0, 0.1) is 5.92 Å². The molecule has 2 nitrogen and oxygen atoms in total. The maximum Gasteiger partial charge on any atom is 0.235 e. The first-order valence-corrected chi connectivity index (χ1v) is 6.11. The molecule has 0 spiro atoms. The number of carbonyl (C=O) groups excluding carboxylic acids is 1. The van der Waals surface area contributed by atoms with E-state index in [1.54, 1.807) is 0 Å². The van der Waals surface area contributed by atoms with Gasteiger partial charge in [0.25, 0.3) is 0 Å². The van der Waals surface area contributed by atoms with Gasteiger partial charge in [0.1, 0.15) is 0 Å². The molecule has 1 amide bonds. The first-order chi connectivity index (χ1) is 6.63. The second kappa shape index (κ2) is 5.64. The predicted molar refractivity (Wildman–Crippen MR) is 62.7 cm³/mol. The van der Waals surface area contributed by atoms with Crippen molar-refractivity contribution in [2.75, 3.05) is 13.1 Å². The van der Waals surface area contributed by atoms with Gasteiger partial charge in [-0.25, -0.2) is 0 Å². The Morgan fingerprint density at radius 1 is 1.14 bits per heavy atom. The molecule has 1 heterocycles. The number of nitrogens with zero attached hydrogens (tertiary/aromatic N) is 1. The molecule has 1 aliphatic heterocycles. The molecule has 1 unspecified atom stereocenters. The molecule has 14 heavy (non-hydrogen) atoms. The van der Waals surface area contributed by atoms with Gasteiger partial charge < -0.3 is 4.90 Å². The topological polar surface area (TPSA) is 20.3 Å². The normalized spacial score (nSPS) is 20.7. The average Bonchev–Trinajstić information content (AvgIpc) is 2.43. The largest absolute Gasteiger partial charge is 0.342 e. The van der Waals surface area contributed by atoms with Crippen molar-refractivity contribution in [2.24, 2.45) is 5.92 Å². The number of rotatable bonds is 2. The zero-order valence-electron chi connectivity index (χ0n) is 9.20. The summed E-state index contributed by atoms with van der Waals surface area (Å²) in [6.45, 7) is 5.96. The summed E-state index contributed by atoms with van der Waals surface area (Å²) >= 11 is 4.37. The lowest BCUT2D eigenvalue weighted by molar-refractivity contribution is -0.131. The lowest BCUT2D eigenvalue weighted by Gasteiger charge is -2.25. The predicted octanol–water partition coefficient (Wildman–Crippen LogP) is 2.34. The summed E-state index contributed by atoms with van der Waals surface area (Å²) < 4.78 is 0. The number of carbonyl (C=O) groups is 1. The lowest BCUT2D eigenvalue weighted by Crippen LogP contribution is -2.39. The Balaban J connectivity index is 2.49. The summed E-state index contributed by atoms with van der Waals surface area (Å²) in [6.07, 6.45) is 4.85. The van der Waals surface area contributed by atoms with E-state index in [0.29, 0.717) is 5.92 Å². The SMILES string of the molecule is CC(C)C(S)C(=O)N1CCCCCC1. The minimum Gasteiger partial charge on any atom is -0.342 e.